The normalized spacial score (nSPS) is 20.2. The maximum Gasteiger partial charge on any atom is 0.434 e. The monoisotopic (exact) mass is 1340 g/mol. The highest BCUT2D eigenvalue weighted by molar-refractivity contribution is 8.00. The molecule has 3 aromatic rings. The number of nitro groups is 1. The molecule has 2 saturated heterocycles. The first-order valence-electron chi connectivity index (χ1n) is 33.0. The van der Waals surface area contributed by atoms with E-state index in [4.69, 9.17) is 18.9 Å². The summed E-state index contributed by atoms with van der Waals surface area (Å²) in [5, 5.41) is 30.6. The summed E-state index contributed by atoms with van der Waals surface area (Å²) in [5.74, 6) is -5.61. The zero-order chi connectivity index (χ0) is 70.1. The number of anilines is 1. The average molecular weight is 1350 g/mol. The topological polar surface area (TPSA) is 321 Å². The SMILES string of the molecule is CC[C@H](C)[C@@H]([C@@H](CC(=O)N1CCC[C@H]1[C@H](OC)[C@@H](C)C(=O)N[C@H](C)[C@@H](O)c1ccccc1)OC)N(C)C(=O)[C@@H](CC(=O)[C@H](C(C)C)N(C)C(=O)OCc1ccc(OCc2cnc([N+](=O)[O-])n2C)c(NC(=O)CNC(=O)C2CCC(CN3C(=O)CC(SC)C3=O)CC2)c1)C(C)C. The lowest BCUT2D eigenvalue weighted by atomic mass is 9.81. The minimum atomic E-state index is -1.03. The van der Waals surface area contributed by atoms with Crippen molar-refractivity contribution in [2.24, 2.45) is 48.5 Å². The number of benzene rings is 2. The number of Topliss-reactive ketones (excluding diaryl/α,β-unsaturated/α-hetero) is 1. The molecule has 0 radical (unpaired) electrons. The van der Waals surface area contributed by atoms with Crippen LogP contribution in [0.5, 0.6) is 5.75 Å². The molecule has 26 nitrogen and oxygen atoms in total. The van der Waals surface area contributed by atoms with Crippen molar-refractivity contribution in [1.82, 2.24) is 39.8 Å². The smallest absolute Gasteiger partial charge is 0.434 e. The minimum absolute atomic E-state index is 0.0640. The summed E-state index contributed by atoms with van der Waals surface area (Å²) in [6, 6.07) is 11.0. The van der Waals surface area contributed by atoms with E-state index >= 15 is 0 Å². The number of methoxy groups -OCH3 is 2. The van der Waals surface area contributed by atoms with Gasteiger partial charge in [0.2, 0.25) is 41.4 Å². The molecule has 1 saturated carbocycles. The van der Waals surface area contributed by atoms with Gasteiger partial charge in [-0.05, 0) is 104 Å². The fourth-order valence-corrected chi connectivity index (χ4v) is 14.1. The molecule has 2 aromatic carbocycles. The number of hydrogen-bond acceptors (Lipinski definition) is 18. The molecule has 3 aliphatic rings. The summed E-state index contributed by atoms with van der Waals surface area (Å²) in [6.07, 6.45) is 3.92. The fraction of sp³-hybridized carbons (Fsp3) is 0.647. The lowest BCUT2D eigenvalue weighted by Crippen LogP contribution is -2.55. The van der Waals surface area contributed by atoms with Crippen LogP contribution in [0.2, 0.25) is 0 Å². The van der Waals surface area contributed by atoms with Crippen molar-refractivity contribution < 1.29 is 72.1 Å². The van der Waals surface area contributed by atoms with Gasteiger partial charge in [0.25, 0.3) is 0 Å². The van der Waals surface area contributed by atoms with Gasteiger partial charge in [-0.3, -0.25) is 43.3 Å². The van der Waals surface area contributed by atoms with Crippen molar-refractivity contribution in [2.45, 2.75) is 181 Å². The number of imidazole rings is 1. The second-order valence-corrected chi connectivity index (χ2v) is 27.4. The molecule has 0 spiro atoms. The number of aromatic nitrogens is 2. The van der Waals surface area contributed by atoms with Crippen LogP contribution in [0, 0.1) is 51.5 Å². The largest absolute Gasteiger partial charge is 0.484 e. The molecule has 3 fully saturated rings. The molecular weight excluding hydrogens is 1240 g/mol. The third-order valence-corrected chi connectivity index (χ3v) is 20.2. The molecule has 27 heteroatoms. The molecule has 95 heavy (non-hydrogen) atoms. The Bertz CT molecular complexity index is 3160. The van der Waals surface area contributed by atoms with Crippen LogP contribution in [-0.2, 0) is 72.8 Å². The van der Waals surface area contributed by atoms with Gasteiger partial charge in [-0.1, -0.05) is 96.3 Å². The summed E-state index contributed by atoms with van der Waals surface area (Å²) < 4.78 is 25.2. The first-order chi connectivity index (χ1) is 45.1. The van der Waals surface area contributed by atoms with Crippen molar-refractivity contribution in [3.8, 4) is 5.75 Å². The first kappa shape index (κ1) is 76.5. The molecule has 8 amide bonds. The zero-order valence-electron chi connectivity index (χ0n) is 57.6. The number of ketones is 1. The number of ether oxygens (including phenoxy) is 4. The van der Waals surface area contributed by atoms with Gasteiger partial charge in [0.15, 0.2) is 11.5 Å². The van der Waals surface area contributed by atoms with Crippen molar-refractivity contribution in [3.05, 3.63) is 81.7 Å². The highest BCUT2D eigenvalue weighted by Crippen LogP contribution is 2.35. The Morgan fingerprint density at radius 3 is 2.16 bits per heavy atom. The van der Waals surface area contributed by atoms with Crippen molar-refractivity contribution in [3.63, 3.8) is 0 Å². The van der Waals surface area contributed by atoms with Crippen molar-refractivity contribution in [1.29, 1.82) is 0 Å². The molecule has 3 heterocycles. The van der Waals surface area contributed by atoms with Crippen LogP contribution >= 0.6 is 11.8 Å². The Balaban J connectivity index is 1.09. The van der Waals surface area contributed by atoms with Crippen LogP contribution in [-0.4, -0.2) is 188 Å². The number of nitrogens with zero attached hydrogens (tertiary/aromatic N) is 7. The molecule has 0 bridgehead atoms. The Morgan fingerprint density at radius 1 is 0.884 bits per heavy atom. The number of carbonyl (C=O) groups is 9. The van der Waals surface area contributed by atoms with E-state index in [9.17, 15) is 58.4 Å². The van der Waals surface area contributed by atoms with E-state index < -0.39 is 89.6 Å². The summed E-state index contributed by atoms with van der Waals surface area (Å²) in [6.45, 7) is 14.5. The number of rotatable bonds is 34. The van der Waals surface area contributed by atoms with Gasteiger partial charge >= 0.3 is 12.0 Å². The molecule has 4 N–H and O–H groups in total. The van der Waals surface area contributed by atoms with Gasteiger partial charge < -0.3 is 64.8 Å². The van der Waals surface area contributed by atoms with E-state index in [1.54, 1.807) is 69.0 Å². The number of carbonyl (C=O) groups excluding carboxylic acids is 9. The zero-order valence-corrected chi connectivity index (χ0v) is 58.4. The molecule has 6 rings (SSSR count). The fourth-order valence-electron chi connectivity index (χ4n) is 13.5. The number of likely N-dealkylation sites (N-methyl/N-ethyl adjacent to an activating group) is 2. The summed E-state index contributed by atoms with van der Waals surface area (Å²) in [5.41, 5.74) is 1.52. The van der Waals surface area contributed by atoms with Crippen molar-refractivity contribution >= 4 is 76.6 Å². The van der Waals surface area contributed by atoms with Crippen LogP contribution in [0.1, 0.15) is 143 Å². The number of aliphatic hydroxyl groups excluding tert-OH is 1. The third-order valence-electron chi connectivity index (χ3n) is 19.3. The van der Waals surface area contributed by atoms with Gasteiger partial charge in [-0.15, -0.1) is 0 Å². The van der Waals surface area contributed by atoms with Gasteiger partial charge in [0.05, 0.1) is 79.3 Å². The number of likely N-dealkylation sites (tertiary alicyclic amines) is 2. The second kappa shape index (κ2) is 35.5. The first-order valence-corrected chi connectivity index (χ1v) is 34.3. The highest BCUT2D eigenvalue weighted by atomic mass is 32.2. The van der Waals surface area contributed by atoms with Gasteiger partial charge in [-0.2, -0.15) is 11.8 Å². The quantitative estimate of drug-likeness (QED) is 0.0260. The Hall–Kier alpha value is -7.49. The van der Waals surface area contributed by atoms with Crippen LogP contribution in [0.15, 0.2) is 54.7 Å². The predicted molar refractivity (Wildman–Crippen MR) is 356 cm³/mol. The molecule has 1 unspecified atom stereocenters. The van der Waals surface area contributed by atoms with E-state index in [0.29, 0.717) is 74.9 Å². The number of aliphatic hydroxyl groups is 1. The second-order valence-electron chi connectivity index (χ2n) is 26.4. The number of imide groups is 1. The maximum absolute atomic E-state index is 15.0. The molecule has 2 aliphatic heterocycles. The summed E-state index contributed by atoms with van der Waals surface area (Å²) >= 11 is 1.36. The van der Waals surface area contributed by atoms with E-state index in [1.807, 2.05) is 45.9 Å². The minimum Gasteiger partial charge on any atom is -0.484 e. The van der Waals surface area contributed by atoms with Gasteiger partial charge in [0, 0.05) is 66.1 Å². The average Bonchev–Trinajstić information content (AvgIpc) is 1.83. The Morgan fingerprint density at radius 2 is 1.57 bits per heavy atom. The number of thioether (sulfide) groups is 1. The van der Waals surface area contributed by atoms with E-state index in [2.05, 4.69) is 20.9 Å². The van der Waals surface area contributed by atoms with E-state index in [-0.39, 0.29) is 114 Å². The summed E-state index contributed by atoms with van der Waals surface area (Å²) in [7, 11) is 7.59. The molecule has 1 aliphatic carbocycles. The molecular formula is C68H100N10O16S. The number of nitrogens with one attached hydrogen (secondary N) is 3. The lowest BCUT2D eigenvalue weighted by Gasteiger charge is -2.41. The van der Waals surface area contributed by atoms with Gasteiger partial charge in [0.1, 0.15) is 25.2 Å². The summed E-state index contributed by atoms with van der Waals surface area (Å²) in [4.78, 5) is 145. The van der Waals surface area contributed by atoms with Crippen molar-refractivity contribution in [2.75, 3.05) is 59.5 Å². The molecule has 524 valence electrons. The van der Waals surface area contributed by atoms with E-state index in [0.717, 1.165) is 0 Å². The maximum atomic E-state index is 15.0. The van der Waals surface area contributed by atoms with Crippen LogP contribution in [0.25, 0.3) is 0 Å². The number of amides is 8. The van der Waals surface area contributed by atoms with Crippen LogP contribution in [0.3, 0.4) is 0 Å². The standard InChI is InChI=1S/C68H100N10O16S/c1-15-41(6)60(54(91-12)32-57(81)76-29-19-22-51(76)62(92-13)42(7)63(84)71-43(8)61(83)46-20-17-16-18-21-46)74(10)65(86)49(39(2)3)31-52(79)59(40(4)5)75(11)68(88)94-37-45-25-28-53(93-38-48-34-70-67(73(48)9)78(89)90)50(30-45)72-56(80)35-69-64(85)47-26-23-44(24-27-47)36-77-58(82)33-55(95-14)66(77)87/h16-18,20-21,25,28,30,34,39-44,47,49,51,54-55,59-62,83H,15,19,22-24,26-27,29,31-33,35-38H2,1-14H3,(H,69,85)(H,71,84)(H,72,80)/t41-,42+,43+,44?,47?,49-,51-,54+,55?,59-,60-,61+,62+/m0/s1. The van der Waals surface area contributed by atoms with Crippen LogP contribution in [0.4, 0.5) is 16.4 Å². The number of hydrogen-bond donors (Lipinski definition) is 4. The van der Waals surface area contributed by atoms with Crippen LogP contribution < -0.4 is 20.7 Å². The Labute approximate surface area is 562 Å². The molecule has 1 aromatic heterocycles. The predicted octanol–water partition coefficient (Wildman–Crippen LogP) is 7.24. The van der Waals surface area contributed by atoms with Gasteiger partial charge in [-0.25, -0.2) is 9.36 Å². The lowest BCUT2D eigenvalue weighted by molar-refractivity contribution is -0.396. The molecule has 11 atom stereocenters. The Kier molecular flexibility index (Phi) is 28.6. The van der Waals surface area contributed by atoms with E-state index in [1.165, 1.54) is 72.8 Å². The third kappa shape index (κ3) is 19.6. The highest BCUT2D eigenvalue weighted by Gasteiger charge is 2.45.